The molecule has 5 nitrogen and oxygen atoms in total. The van der Waals surface area contributed by atoms with E-state index in [9.17, 15) is 4.79 Å². The van der Waals surface area contributed by atoms with Crippen molar-refractivity contribution in [2.75, 3.05) is 32.6 Å². The van der Waals surface area contributed by atoms with Crippen LogP contribution in [0, 0.1) is 0 Å². The van der Waals surface area contributed by atoms with E-state index in [4.69, 9.17) is 9.47 Å². The summed E-state index contributed by atoms with van der Waals surface area (Å²) in [6, 6.07) is 13.7. The molecule has 1 fully saturated rings. The Kier molecular flexibility index (Phi) is 6.71. The van der Waals surface area contributed by atoms with Crippen molar-refractivity contribution >= 4 is 11.6 Å². The van der Waals surface area contributed by atoms with Crippen molar-refractivity contribution in [1.29, 1.82) is 0 Å². The first-order valence-electron chi connectivity index (χ1n) is 9.50. The van der Waals surface area contributed by atoms with E-state index in [-0.39, 0.29) is 12.3 Å². The normalized spacial score (nSPS) is 14.6. The van der Waals surface area contributed by atoms with Gasteiger partial charge in [-0.2, -0.15) is 0 Å². The lowest BCUT2D eigenvalue weighted by Gasteiger charge is -2.26. The molecule has 0 spiro atoms. The molecule has 1 amide bonds. The van der Waals surface area contributed by atoms with Gasteiger partial charge in [0.15, 0.2) is 11.5 Å². The Hall–Kier alpha value is -2.53. The number of methoxy groups -OCH3 is 2. The zero-order valence-electron chi connectivity index (χ0n) is 16.2. The maximum atomic E-state index is 12.3. The van der Waals surface area contributed by atoms with Crippen molar-refractivity contribution in [3.05, 3.63) is 53.6 Å². The Morgan fingerprint density at radius 2 is 1.59 bits per heavy atom. The van der Waals surface area contributed by atoms with Crippen molar-refractivity contribution < 1.29 is 14.3 Å². The van der Waals surface area contributed by atoms with Crippen molar-refractivity contribution in [3.8, 4) is 11.5 Å². The first-order valence-corrected chi connectivity index (χ1v) is 9.50. The van der Waals surface area contributed by atoms with E-state index in [2.05, 4.69) is 22.3 Å². The highest BCUT2D eigenvalue weighted by Crippen LogP contribution is 2.27. The van der Waals surface area contributed by atoms with Crippen LogP contribution >= 0.6 is 0 Å². The van der Waals surface area contributed by atoms with Gasteiger partial charge >= 0.3 is 0 Å². The molecule has 0 aliphatic carbocycles. The largest absolute Gasteiger partial charge is 0.493 e. The lowest BCUT2D eigenvalue weighted by Crippen LogP contribution is -2.29. The number of hydrogen-bond donors (Lipinski definition) is 1. The van der Waals surface area contributed by atoms with E-state index >= 15 is 0 Å². The predicted octanol–water partition coefficient (Wildman–Crippen LogP) is 3.87. The number of anilines is 1. The Balaban J connectivity index is 1.54. The van der Waals surface area contributed by atoms with Crippen LogP contribution in [0.4, 0.5) is 5.69 Å². The van der Waals surface area contributed by atoms with Gasteiger partial charge in [0.2, 0.25) is 5.91 Å². The zero-order chi connectivity index (χ0) is 19.1. The molecule has 144 valence electrons. The number of nitrogens with one attached hydrogen (secondary N) is 1. The molecule has 0 unspecified atom stereocenters. The minimum absolute atomic E-state index is 0.0500. The molecule has 2 aromatic rings. The van der Waals surface area contributed by atoms with Gasteiger partial charge in [-0.15, -0.1) is 0 Å². The number of carbonyl (C=O) groups excluding carboxylic acids is 1. The van der Waals surface area contributed by atoms with Crippen LogP contribution in [-0.4, -0.2) is 38.1 Å². The van der Waals surface area contributed by atoms with Crippen molar-refractivity contribution in [1.82, 2.24) is 4.90 Å². The molecule has 27 heavy (non-hydrogen) atoms. The van der Waals surface area contributed by atoms with Crippen LogP contribution in [-0.2, 0) is 17.8 Å². The lowest BCUT2D eigenvalue weighted by molar-refractivity contribution is -0.115. The standard InChI is InChI=1S/C22H28N2O3/c1-26-20-11-8-18(14-21(20)27-2)15-22(25)23-19-9-6-17(7-10-19)16-24-12-4-3-5-13-24/h6-11,14H,3-5,12-13,15-16H2,1-2H3,(H,23,25). The Morgan fingerprint density at radius 1 is 0.926 bits per heavy atom. The third kappa shape index (κ3) is 5.47. The van der Waals surface area contributed by atoms with Gasteiger partial charge in [0.05, 0.1) is 20.6 Å². The highest BCUT2D eigenvalue weighted by molar-refractivity contribution is 5.92. The number of ether oxygens (including phenoxy) is 2. The fourth-order valence-electron chi connectivity index (χ4n) is 3.45. The average Bonchev–Trinajstić information content (AvgIpc) is 2.70. The van der Waals surface area contributed by atoms with E-state index in [0.717, 1.165) is 17.8 Å². The Morgan fingerprint density at radius 3 is 2.26 bits per heavy atom. The smallest absolute Gasteiger partial charge is 0.228 e. The highest BCUT2D eigenvalue weighted by atomic mass is 16.5. The summed E-state index contributed by atoms with van der Waals surface area (Å²) in [5, 5.41) is 2.96. The Bertz CT molecular complexity index is 753. The van der Waals surface area contributed by atoms with Gasteiger partial charge in [-0.1, -0.05) is 24.6 Å². The third-order valence-electron chi connectivity index (χ3n) is 4.91. The van der Waals surface area contributed by atoms with Crippen LogP contribution < -0.4 is 14.8 Å². The van der Waals surface area contributed by atoms with Crippen LogP contribution in [0.5, 0.6) is 11.5 Å². The number of benzene rings is 2. The summed E-state index contributed by atoms with van der Waals surface area (Å²) in [7, 11) is 3.19. The lowest BCUT2D eigenvalue weighted by atomic mass is 10.1. The van der Waals surface area contributed by atoms with Gasteiger partial charge in [-0.3, -0.25) is 9.69 Å². The summed E-state index contributed by atoms with van der Waals surface area (Å²) in [5.74, 6) is 1.24. The molecule has 1 heterocycles. The molecule has 0 atom stereocenters. The maximum Gasteiger partial charge on any atom is 0.228 e. The van der Waals surface area contributed by atoms with E-state index in [0.29, 0.717) is 11.5 Å². The second-order valence-electron chi connectivity index (χ2n) is 6.95. The van der Waals surface area contributed by atoms with Crippen LogP contribution in [0.25, 0.3) is 0 Å². The maximum absolute atomic E-state index is 12.3. The van der Waals surface area contributed by atoms with Gasteiger partial charge in [0.1, 0.15) is 0 Å². The van der Waals surface area contributed by atoms with E-state index in [1.807, 2.05) is 30.3 Å². The fourth-order valence-corrected chi connectivity index (χ4v) is 3.45. The first-order chi connectivity index (χ1) is 13.2. The van der Waals surface area contributed by atoms with E-state index < -0.39 is 0 Å². The third-order valence-corrected chi connectivity index (χ3v) is 4.91. The molecule has 3 rings (SSSR count). The quantitative estimate of drug-likeness (QED) is 0.806. The van der Waals surface area contributed by atoms with Gasteiger partial charge in [-0.25, -0.2) is 0 Å². The summed E-state index contributed by atoms with van der Waals surface area (Å²) in [5.41, 5.74) is 2.99. The van der Waals surface area contributed by atoms with Crippen molar-refractivity contribution in [2.24, 2.45) is 0 Å². The molecule has 1 aliphatic heterocycles. The summed E-state index contributed by atoms with van der Waals surface area (Å²) in [6.07, 6.45) is 4.23. The van der Waals surface area contributed by atoms with Crippen molar-refractivity contribution in [3.63, 3.8) is 0 Å². The molecule has 0 radical (unpaired) electrons. The minimum atomic E-state index is -0.0500. The molecule has 2 aromatic carbocycles. The van der Waals surface area contributed by atoms with Crippen LogP contribution in [0.2, 0.25) is 0 Å². The van der Waals surface area contributed by atoms with Gasteiger partial charge < -0.3 is 14.8 Å². The number of rotatable bonds is 7. The van der Waals surface area contributed by atoms with Crippen LogP contribution in [0.3, 0.4) is 0 Å². The van der Waals surface area contributed by atoms with E-state index in [1.54, 1.807) is 14.2 Å². The number of carbonyl (C=O) groups is 1. The summed E-state index contributed by atoms with van der Waals surface area (Å²) < 4.78 is 10.5. The molecular formula is C22H28N2O3. The second-order valence-corrected chi connectivity index (χ2v) is 6.95. The first kappa shape index (κ1) is 19.2. The number of amides is 1. The summed E-state index contributed by atoms with van der Waals surface area (Å²) in [6.45, 7) is 3.35. The topological polar surface area (TPSA) is 50.8 Å². The molecule has 0 bridgehead atoms. The molecule has 1 aliphatic rings. The molecule has 5 heteroatoms. The molecule has 1 N–H and O–H groups in total. The number of likely N-dealkylation sites (tertiary alicyclic amines) is 1. The van der Waals surface area contributed by atoms with Crippen molar-refractivity contribution in [2.45, 2.75) is 32.2 Å². The van der Waals surface area contributed by atoms with E-state index in [1.165, 1.54) is 37.9 Å². The summed E-state index contributed by atoms with van der Waals surface area (Å²) >= 11 is 0. The zero-order valence-corrected chi connectivity index (χ0v) is 16.2. The second kappa shape index (κ2) is 9.42. The number of hydrogen-bond acceptors (Lipinski definition) is 4. The van der Waals surface area contributed by atoms with Gasteiger partial charge in [0, 0.05) is 12.2 Å². The molecular weight excluding hydrogens is 340 g/mol. The van der Waals surface area contributed by atoms with Gasteiger partial charge in [0.25, 0.3) is 0 Å². The molecule has 0 aromatic heterocycles. The van der Waals surface area contributed by atoms with Crippen LogP contribution in [0.15, 0.2) is 42.5 Å². The van der Waals surface area contributed by atoms with Gasteiger partial charge in [-0.05, 0) is 61.3 Å². The number of nitrogens with zero attached hydrogens (tertiary/aromatic N) is 1. The monoisotopic (exact) mass is 368 g/mol. The van der Waals surface area contributed by atoms with Crippen LogP contribution in [0.1, 0.15) is 30.4 Å². The SMILES string of the molecule is COc1ccc(CC(=O)Nc2ccc(CN3CCCCC3)cc2)cc1OC. The molecule has 0 saturated carbocycles. The summed E-state index contributed by atoms with van der Waals surface area (Å²) in [4.78, 5) is 14.8. The Labute approximate surface area is 161 Å². The highest BCUT2D eigenvalue weighted by Gasteiger charge is 2.11. The molecule has 1 saturated heterocycles. The number of piperidine rings is 1. The average molecular weight is 368 g/mol. The minimum Gasteiger partial charge on any atom is -0.493 e. The fraction of sp³-hybridized carbons (Fsp3) is 0.409. The predicted molar refractivity (Wildman–Crippen MR) is 107 cm³/mol.